The number of nitrogens with zero attached hydrogens (tertiary/aromatic N) is 3. The molecule has 0 aliphatic carbocycles. The Morgan fingerprint density at radius 3 is 2.12 bits per heavy atom. The van der Waals surface area contributed by atoms with Gasteiger partial charge in [-0.05, 0) is 36.6 Å². The number of benzene rings is 2. The van der Waals surface area contributed by atoms with Crippen LogP contribution >= 0.6 is 11.8 Å². The molecule has 0 spiro atoms. The number of non-ortho nitro benzene ring substituents is 2. The van der Waals surface area contributed by atoms with Crippen LogP contribution in [-0.4, -0.2) is 67.4 Å². The number of amides is 2. The number of ether oxygens (including phenoxy) is 1. The van der Waals surface area contributed by atoms with Crippen LogP contribution < -0.4 is 5.32 Å². The van der Waals surface area contributed by atoms with Crippen LogP contribution in [0.15, 0.2) is 59.1 Å². The first kappa shape index (κ1) is 29.5. The standard InChI is InChI=1S/C26H26N4O10S/c1-14(31)20-21-19(12-15-2-6-17(7-3-15)29(36)37)23(22(25(33)34)28(21)24(20)32)41-11-10-27-26(35)40-13-16-4-8-18(9-5-16)30(38)39/h2-9,14,19-21,31H,10-13H2,1H3,(H,27,35)(H,33,34)/t14-,19?,20-,21+/m1/s1. The number of β-lactam (4-membered cyclic amide) rings is 1. The lowest BCUT2D eigenvalue weighted by Crippen LogP contribution is -2.64. The van der Waals surface area contributed by atoms with Crippen molar-refractivity contribution < 1.29 is 39.2 Å². The van der Waals surface area contributed by atoms with Gasteiger partial charge in [-0.1, -0.05) is 12.1 Å². The maximum Gasteiger partial charge on any atom is 0.407 e. The summed E-state index contributed by atoms with van der Waals surface area (Å²) in [4.78, 5) is 59.5. The Balaban J connectivity index is 1.41. The van der Waals surface area contributed by atoms with Crippen LogP contribution in [0.1, 0.15) is 18.1 Å². The number of aliphatic hydroxyl groups excluding tert-OH is 1. The Morgan fingerprint density at radius 2 is 1.61 bits per heavy atom. The van der Waals surface area contributed by atoms with Gasteiger partial charge in [-0.15, -0.1) is 11.8 Å². The zero-order valence-electron chi connectivity index (χ0n) is 21.7. The number of carboxylic acids is 1. The Morgan fingerprint density at radius 1 is 1.05 bits per heavy atom. The van der Waals surface area contributed by atoms with E-state index in [1.165, 1.54) is 48.2 Å². The van der Waals surface area contributed by atoms with Gasteiger partial charge in [0.25, 0.3) is 11.4 Å². The van der Waals surface area contributed by atoms with Crippen LogP contribution in [0.4, 0.5) is 16.2 Å². The summed E-state index contributed by atoms with van der Waals surface area (Å²) in [6, 6.07) is 10.8. The second-order valence-corrected chi connectivity index (χ2v) is 10.6. The summed E-state index contributed by atoms with van der Waals surface area (Å²) < 4.78 is 5.12. The maximum absolute atomic E-state index is 12.8. The van der Waals surface area contributed by atoms with Crippen molar-refractivity contribution in [3.63, 3.8) is 0 Å². The molecule has 0 radical (unpaired) electrons. The highest BCUT2D eigenvalue weighted by atomic mass is 32.2. The molecule has 2 heterocycles. The van der Waals surface area contributed by atoms with Crippen LogP contribution in [0, 0.1) is 32.1 Å². The van der Waals surface area contributed by atoms with E-state index >= 15 is 0 Å². The Hall–Kier alpha value is -4.50. The summed E-state index contributed by atoms with van der Waals surface area (Å²) in [5, 5.41) is 44.5. The number of carbonyl (C=O) groups excluding carboxylic acids is 2. The average Bonchev–Trinajstić information content (AvgIpc) is 3.19. The topological polar surface area (TPSA) is 202 Å². The number of thioether (sulfide) groups is 1. The molecule has 41 heavy (non-hydrogen) atoms. The monoisotopic (exact) mass is 586 g/mol. The van der Waals surface area contributed by atoms with E-state index in [1.54, 1.807) is 12.1 Å². The van der Waals surface area contributed by atoms with Crippen molar-refractivity contribution in [3.05, 3.63) is 90.5 Å². The fourth-order valence-electron chi connectivity index (χ4n) is 5.00. The number of carbonyl (C=O) groups is 3. The molecule has 0 aromatic heterocycles. The normalized spacial score (nSPS) is 20.2. The highest BCUT2D eigenvalue weighted by molar-refractivity contribution is 8.03. The van der Waals surface area contributed by atoms with Crippen molar-refractivity contribution in [2.45, 2.75) is 32.1 Å². The van der Waals surface area contributed by atoms with E-state index in [0.29, 0.717) is 16.0 Å². The van der Waals surface area contributed by atoms with Crippen LogP contribution in [-0.2, 0) is 27.4 Å². The fourth-order valence-corrected chi connectivity index (χ4v) is 6.18. The number of hydrogen-bond donors (Lipinski definition) is 3. The average molecular weight is 587 g/mol. The van der Waals surface area contributed by atoms with E-state index in [-0.39, 0.29) is 42.4 Å². The lowest BCUT2D eigenvalue weighted by molar-refractivity contribution is -0.385. The molecular formula is C26H26N4O10S. The molecule has 2 aliphatic rings. The summed E-state index contributed by atoms with van der Waals surface area (Å²) in [5.74, 6) is -2.82. The van der Waals surface area contributed by atoms with Gasteiger partial charge in [0.2, 0.25) is 5.91 Å². The predicted molar refractivity (Wildman–Crippen MR) is 144 cm³/mol. The molecule has 1 fully saturated rings. The van der Waals surface area contributed by atoms with Gasteiger partial charge >= 0.3 is 12.1 Å². The molecule has 3 N–H and O–H groups in total. The minimum absolute atomic E-state index is 0.0877. The first-order chi connectivity index (χ1) is 19.5. The number of aliphatic carboxylic acids is 1. The van der Waals surface area contributed by atoms with Crippen molar-refractivity contribution in [2.24, 2.45) is 11.8 Å². The number of nitrogens with one attached hydrogen (secondary N) is 1. The molecule has 15 heteroatoms. The number of aliphatic hydroxyl groups is 1. The molecule has 1 unspecified atom stereocenters. The van der Waals surface area contributed by atoms with Gasteiger partial charge in [0.05, 0.1) is 27.9 Å². The molecule has 0 saturated carbocycles. The Kier molecular flexibility index (Phi) is 8.88. The molecule has 1 saturated heterocycles. The summed E-state index contributed by atoms with van der Waals surface area (Å²) >= 11 is 1.16. The number of fused-ring (bicyclic) bond motifs is 1. The molecule has 4 atom stereocenters. The molecule has 2 aliphatic heterocycles. The smallest absolute Gasteiger partial charge is 0.407 e. The summed E-state index contributed by atoms with van der Waals surface area (Å²) in [6.45, 7) is 1.46. The molecule has 0 bridgehead atoms. The van der Waals surface area contributed by atoms with Gasteiger partial charge in [-0.3, -0.25) is 25.0 Å². The predicted octanol–water partition coefficient (Wildman–Crippen LogP) is 2.84. The van der Waals surface area contributed by atoms with Gasteiger partial charge in [0, 0.05) is 47.4 Å². The van der Waals surface area contributed by atoms with Gasteiger partial charge < -0.3 is 25.2 Å². The first-order valence-corrected chi connectivity index (χ1v) is 13.5. The molecular weight excluding hydrogens is 560 g/mol. The minimum Gasteiger partial charge on any atom is -0.477 e. The van der Waals surface area contributed by atoms with E-state index < -0.39 is 51.8 Å². The number of nitro benzene ring substituents is 2. The number of nitro groups is 2. The molecule has 2 aromatic carbocycles. The number of carboxylic acid groups (broad SMARTS) is 1. The molecule has 216 valence electrons. The summed E-state index contributed by atoms with van der Waals surface area (Å²) in [5.41, 5.74) is 0.899. The second kappa shape index (κ2) is 12.3. The van der Waals surface area contributed by atoms with Crippen LogP contribution in [0.3, 0.4) is 0 Å². The van der Waals surface area contributed by atoms with Crippen LogP contribution in [0.2, 0.25) is 0 Å². The highest BCUT2D eigenvalue weighted by Crippen LogP contribution is 2.51. The Labute approximate surface area is 237 Å². The third-order valence-corrected chi connectivity index (χ3v) is 8.10. The lowest BCUT2D eigenvalue weighted by atomic mass is 9.76. The molecule has 4 rings (SSSR count). The number of alkyl carbamates (subject to hydrolysis) is 1. The first-order valence-electron chi connectivity index (χ1n) is 12.5. The van der Waals surface area contributed by atoms with Crippen LogP contribution in [0.25, 0.3) is 0 Å². The van der Waals surface area contributed by atoms with Crippen molar-refractivity contribution in [1.29, 1.82) is 0 Å². The number of hydrogen-bond acceptors (Lipinski definition) is 10. The van der Waals surface area contributed by atoms with E-state index in [9.17, 15) is 44.8 Å². The molecule has 14 nitrogen and oxygen atoms in total. The van der Waals surface area contributed by atoms with Crippen molar-refractivity contribution in [3.8, 4) is 0 Å². The van der Waals surface area contributed by atoms with Crippen molar-refractivity contribution in [1.82, 2.24) is 10.2 Å². The van der Waals surface area contributed by atoms with E-state index in [0.717, 1.165) is 11.8 Å². The van der Waals surface area contributed by atoms with E-state index in [4.69, 9.17) is 4.74 Å². The van der Waals surface area contributed by atoms with E-state index in [1.807, 2.05) is 0 Å². The Bertz CT molecular complexity index is 1390. The molecule has 2 aromatic rings. The maximum atomic E-state index is 12.8. The third kappa shape index (κ3) is 6.30. The fraction of sp³-hybridized carbons (Fsp3) is 0.346. The zero-order chi connectivity index (χ0) is 29.8. The summed E-state index contributed by atoms with van der Waals surface area (Å²) in [6.07, 6.45) is -1.47. The second-order valence-electron chi connectivity index (χ2n) is 9.49. The van der Waals surface area contributed by atoms with Crippen molar-refractivity contribution >= 4 is 41.1 Å². The highest BCUT2D eigenvalue weighted by Gasteiger charge is 2.61. The quantitative estimate of drug-likeness (QED) is 0.143. The van der Waals surface area contributed by atoms with Crippen molar-refractivity contribution in [2.75, 3.05) is 12.3 Å². The molecule has 2 amide bonds. The lowest BCUT2D eigenvalue weighted by Gasteiger charge is -2.47. The zero-order valence-corrected chi connectivity index (χ0v) is 22.5. The third-order valence-electron chi connectivity index (χ3n) is 6.88. The van der Waals surface area contributed by atoms with Gasteiger partial charge in [-0.2, -0.15) is 0 Å². The van der Waals surface area contributed by atoms with Gasteiger partial charge in [-0.25, -0.2) is 9.59 Å². The van der Waals surface area contributed by atoms with Gasteiger partial charge in [0.15, 0.2) is 0 Å². The minimum atomic E-state index is -1.29. The summed E-state index contributed by atoms with van der Waals surface area (Å²) in [7, 11) is 0. The largest absolute Gasteiger partial charge is 0.477 e. The van der Waals surface area contributed by atoms with E-state index in [2.05, 4.69) is 5.32 Å². The SMILES string of the molecule is C[C@@H](O)[C@H]1C(=O)N2C(C(=O)O)=C(SCCNC(=O)OCc3ccc([N+](=O)[O-])cc3)C(Cc3ccc([N+](=O)[O-])cc3)[C@@H]12. The van der Waals surface area contributed by atoms with Crippen LogP contribution in [0.5, 0.6) is 0 Å². The number of rotatable bonds is 12. The van der Waals surface area contributed by atoms with Gasteiger partial charge in [0.1, 0.15) is 12.3 Å².